The predicted molar refractivity (Wildman–Crippen MR) is 248 cm³/mol. The summed E-state index contributed by atoms with van der Waals surface area (Å²) in [7, 11) is 0. The molecule has 1 saturated heterocycles. The van der Waals surface area contributed by atoms with Crippen LogP contribution in [0.4, 0.5) is 11.4 Å². The fraction of sp³-hybridized carbons (Fsp3) is 0.216. The molecule has 3 unspecified atom stereocenters. The number of pyridine rings is 1. The fourth-order valence-electron chi connectivity index (χ4n) is 7.99. The van der Waals surface area contributed by atoms with Gasteiger partial charge in [0, 0.05) is 48.8 Å². The van der Waals surface area contributed by atoms with Crippen molar-refractivity contribution in [1.82, 2.24) is 25.8 Å². The van der Waals surface area contributed by atoms with Gasteiger partial charge in [-0.15, -0.1) is 0 Å². The van der Waals surface area contributed by atoms with Crippen molar-refractivity contribution in [2.45, 2.75) is 31.0 Å². The first kappa shape index (κ1) is 46.3. The number of ether oxygens (including phenoxy) is 2. The lowest BCUT2D eigenvalue weighted by Crippen LogP contribution is -2.54. The van der Waals surface area contributed by atoms with Crippen molar-refractivity contribution < 1.29 is 47.5 Å². The van der Waals surface area contributed by atoms with Gasteiger partial charge in [-0.05, 0) is 71.6 Å². The van der Waals surface area contributed by atoms with Gasteiger partial charge in [0.2, 0.25) is 23.6 Å². The van der Waals surface area contributed by atoms with Gasteiger partial charge >= 0.3 is 0 Å². The zero-order valence-electron chi connectivity index (χ0n) is 36.7. The van der Waals surface area contributed by atoms with E-state index in [4.69, 9.17) is 13.9 Å². The van der Waals surface area contributed by atoms with E-state index >= 15 is 0 Å². The fourth-order valence-corrected chi connectivity index (χ4v) is 7.99. The molecule has 4 aromatic carbocycles. The van der Waals surface area contributed by atoms with Crippen molar-refractivity contribution >= 4 is 52.7 Å². The molecule has 0 radical (unpaired) electrons. The number of fused-ring (bicyclic) bond motifs is 1. The van der Waals surface area contributed by atoms with Crippen molar-refractivity contribution in [3.63, 3.8) is 0 Å². The van der Waals surface area contributed by atoms with Crippen LogP contribution in [-0.4, -0.2) is 96.8 Å². The molecule has 346 valence electrons. The van der Waals surface area contributed by atoms with E-state index in [0.717, 1.165) is 16.0 Å². The van der Waals surface area contributed by atoms with E-state index in [1.165, 1.54) is 29.5 Å². The Bertz CT molecular complexity index is 2760. The molecule has 0 aliphatic carbocycles. The van der Waals surface area contributed by atoms with Gasteiger partial charge in [-0.3, -0.25) is 53.7 Å². The van der Waals surface area contributed by atoms with Crippen LogP contribution in [0.15, 0.2) is 150 Å². The van der Waals surface area contributed by atoms with Crippen LogP contribution < -0.4 is 26.2 Å². The average molecular weight is 918 g/mol. The zero-order chi connectivity index (χ0) is 47.4. The molecule has 8 rings (SSSR count). The number of aromatic nitrogens is 1. The summed E-state index contributed by atoms with van der Waals surface area (Å²) >= 11 is 0. The summed E-state index contributed by atoms with van der Waals surface area (Å²) < 4.78 is 16.9. The molecule has 0 spiro atoms. The molecule has 2 aliphatic rings. The lowest BCUT2D eigenvalue weighted by molar-refractivity contribution is -0.136. The summed E-state index contributed by atoms with van der Waals surface area (Å²) in [5.74, 6) is -4.00. The average Bonchev–Trinajstić information content (AvgIpc) is 4.00. The molecule has 2 aliphatic heterocycles. The Kier molecular flexibility index (Phi) is 14.8. The van der Waals surface area contributed by atoms with Crippen molar-refractivity contribution in [1.29, 1.82) is 0 Å². The number of rotatable bonds is 20. The highest BCUT2D eigenvalue weighted by molar-refractivity contribution is 6.23. The standard InChI is InChI=1S/C51H47N7O10/c59-43-22-21-41(46(60)55-43)58-49(63)39-20-17-37(31-40(39)50(58)64)53-24-27-66-29-30-67-28-25-54-47(61)44(35-11-5-2-6-12-35)56-48(62)45(36-13-7-23-52-32-36)57(51(65)42-14-8-26-68-42)38-18-15-34(16-19-38)33-9-3-1-4-10-33/h1-20,23,26,31-32,41,44-45,53H,21-22,24-25,27-30H2,(H,54,61)(H,56,62)(H,55,59,60). The third-order valence-electron chi connectivity index (χ3n) is 11.3. The molecule has 68 heavy (non-hydrogen) atoms. The summed E-state index contributed by atoms with van der Waals surface area (Å²) in [6.45, 7) is 1.38. The second-order valence-electron chi connectivity index (χ2n) is 15.8. The van der Waals surface area contributed by atoms with Crippen LogP contribution in [-0.2, 0) is 28.7 Å². The van der Waals surface area contributed by atoms with Crippen molar-refractivity contribution in [3.8, 4) is 11.1 Å². The van der Waals surface area contributed by atoms with Crippen molar-refractivity contribution in [2.24, 2.45) is 0 Å². The number of furan rings is 1. The number of nitrogens with one attached hydrogen (secondary N) is 4. The Hall–Kier alpha value is -8.28. The van der Waals surface area contributed by atoms with Crippen molar-refractivity contribution in [3.05, 3.63) is 174 Å². The lowest BCUT2D eigenvalue weighted by atomic mass is 10.0. The SMILES string of the molecule is O=C1CCC(N2C(=O)c3ccc(NCCOCCOCCNC(=O)C(NC(=O)C(c4cccnc4)N(C(=O)c4ccco4)c4ccc(-c5ccccc5)cc4)c4ccccc4)cc3C2=O)C(=O)N1. The molecule has 6 aromatic rings. The number of amides is 7. The Labute approximate surface area is 390 Å². The largest absolute Gasteiger partial charge is 0.459 e. The molecule has 7 amide bonds. The van der Waals surface area contributed by atoms with E-state index < -0.39 is 59.5 Å². The second kappa shape index (κ2) is 21.8. The summed E-state index contributed by atoms with van der Waals surface area (Å²) in [6.07, 6.45) is 4.56. The molecule has 0 bridgehead atoms. The number of benzene rings is 4. The Balaban J connectivity index is 0.849. The summed E-state index contributed by atoms with van der Waals surface area (Å²) in [5.41, 5.74) is 4.13. The maximum atomic E-state index is 14.7. The van der Waals surface area contributed by atoms with E-state index in [0.29, 0.717) is 29.0 Å². The van der Waals surface area contributed by atoms with Gasteiger partial charge in [-0.25, -0.2) is 0 Å². The van der Waals surface area contributed by atoms with Gasteiger partial charge in [0.25, 0.3) is 17.7 Å². The minimum absolute atomic E-state index is 0.00870. The van der Waals surface area contributed by atoms with Crippen LogP contribution in [0.2, 0.25) is 0 Å². The van der Waals surface area contributed by atoms with Gasteiger partial charge in [0.15, 0.2) is 5.76 Å². The summed E-state index contributed by atoms with van der Waals surface area (Å²) in [4.78, 5) is 99.6. The lowest BCUT2D eigenvalue weighted by Gasteiger charge is -2.32. The van der Waals surface area contributed by atoms with Crippen LogP contribution >= 0.6 is 0 Å². The van der Waals surface area contributed by atoms with Crippen LogP contribution in [0.3, 0.4) is 0 Å². The number of hydrogen-bond acceptors (Lipinski definition) is 12. The number of carbonyl (C=O) groups excluding carboxylic acids is 7. The number of anilines is 2. The van der Waals surface area contributed by atoms with Gasteiger partial charge in [-0.1, -0.05) is 78.9 Å². The Morgan fingerprint density at radius 2 is 1.43 bits per heavy atom. The summed E-state index contributed by atoms with van der Waals surface area (Å²) in [5, 5.41) is 11.1. The van der Waals surface area contributed by atoms with Crippen LogP contribution in [0.25, 0.3) is 11.1 Å². The van der Waals surface area contributed by atoms with Gasteiger partial charge < -0.3 is 29.8 Å². The monoisotopic (exact) mass is 917 g/mol. The van der Waals surface area contributed by atoms with Gasteiger partial charge in [0.05, 0.1) is 43.8 Å². The Morgan fingerprint density at radius 1 is 0.735 bits per heavy atom. The molecule has 2 aromatic heterocycles. The van der Waals surface area contributed by atoms with E-state index in [-0.39, 0.29) is 62.7 Å². The Morgan fingerprint density at radius 3 is 2.12 bits per heavy atom. The molecule has 4 N–H and O–H groups in total. The van der Waals surface area contributed by atoms with Crippen molar-refractivity contribution in [2.75, 3.05) is 49.7 Å². The van der Waals surface area contributed by atoms with E-state index in [2.05, 4.69) is 26.3 Å². The molecular formula is C51H47N7O10. The molecule has 0 saturated carbocycles. The minimum atomic E-state index is -1.29. The van der Waals surface area contributed by atoms with Crippen LogP contribution in [0.5, 0.6) is 0 Å². The van der Waals surface area contributed by atoms with Crippen LogP contribution in [0, 0.1) is 0 Å². The van der Waals surface area contributed by atoms with E-state index in [1.807, 2.05) is 42.5 Å². The highest BCUT2D eigenvalue weighted by Crippen LogP contribution is 2.33. The van der Waals surface area contributed by atoms with Gasteiger partial charge in [-0.2, -0.15) is 0 Å². The number of imide groups is 2. The topological polar surface area (TPSA) is 219 Å². The minimum Gasteiger partial charge on any atom is -0.459 e. The highest BCUT2D eigenvalue weighted by Gasteiger charge is 2.45. The number of nitrogens with zero attached hydrogens (tertiary/aromatic N) is 3. The van der Waals surface area contributed by atoms with E-state index in [9.17, 15) is 33.6 Å². The third-order valence-corrected chi connectivity index (χ3v) is 11.3. The zero-order valence-corrected chi connectivity index (χ0v) is 36.7. The molecule has 17 nitrogen and oxygen atoms in total. The molecule has 4 heterocycles. The van der Waals surface area contributed by atoms with E-state index in [1.54, 1.807) is 79.0 Å². The maximum Gasteiger partial charge on any atom is 0.294 e. The number of carbonyl (C=O) groups is 7. The van der Waals surface area contributed by atoms with Crippen LogP contribution in [0.1, 0.15) is 67.3 Å². The molecule has 3 atom stereocenters. The van der Waals surface area contributed by atoms with Gasteiger partial charge in [0.1, 0.15) is 18.1 Å². The first-order valence-electron chi connectivity index (χ1n) is 22.0. The first-order valence-corrected chi connectivity index (χ1v) is 22.0. The number of piperidine rings is 1. The highest BCUT2D eigenvalue weighted by atomic mass is 16.5. The first-order chi connectivity index (χ1) is 33.2. The molecule has 1 fully saturated rings. The quantitative estimate of drug-likeness (QED) is 0.0571. The third kappa shape index (κ3) is 10.7. The summed E-state index contributed by atoms with van der Waals surface area (Å²) in [6, 6.07) is 33.5. The molecule has 17 heteroatoms. The number of hydrogen-bond donors (Lipinski definition) is 4. The predicted octanol–water partition coefficient (Wildman–Crippen LogP) is 5.25. The maximum absolute atomic E-state index is 14.7. The smallest absolute Gasteiger partial charge is 0.294 e. The second-order valence-corrected chi connectivity index (χ2v) is 15.8. The normalized spacial score (nSPS) is 15.2. The molecular weight excluding hydrogens is 871 g/mol.